The molecule has 0 spiro atoms. The molecule has 0 heterocycles. The molecule has 292 valence electrons. The highest BCUT2D eigenvalue weighted by Crippen LogP contribution is 2.17. The van der Waals surface area contributed by atoms with Gasteiger partial charge in [0.25, 0.3) is 0 Å². The zero-order valence-electron chi connectivity index (χ0n) is 33.5. The van der Waals surface area contributed by atoms with Gasteiger partial charge in [0.05, 0.1) is 18.8 Å². The Bertz CT molecular complexity index is 666. The van der Waals surface area contributed by atoms with Crippen LogP contribution in [0.15, 0.2) is 12.2 Å². The predicted molar refractivity (Wildman–Crippen MR) is 216 cm³/mol. The van der Waals surface area contributed by atoms with Gasteiger partial charge in [0, 0.05) is 6.42 Å². The predicted octanol–water partition coefficient (Wildman–Crippen LogP) is 13.9. The molecule has 4 heteroatoms. The van der Waals surface area contributed by atoms with Crippen molar-refractivity contribution < 1.29 is 15.0 Å². The van der Waals surface area contributed by atoms with Crippen LogP contribution >= 0.6 is 0 Å². The monoisotopic (exact) mass is 692 g/mol. The summed E-state index contributed by atoms with van der Waals surface area (Å²) in [7, 11) is 0. The quantitative estimate of drug-likeness (QED) is 0.0441. The van der Waals surface area contributed by atoms with Crippen molar-refractivity contribution in [3.8, 4) is 0 Å². The lowest BCUT2D eigenvalue weighted by Gasteiger charge is -2.19. The van der Waals surface area contributed by atoms with Gasteiger partial charge in [-0.1, -0.05) is 238 Å². The van der Waals surface area contributed by atoms with Gasteiger partial charge >= 0.3 is 0 Å². The van der Waals surface area contributed by atoms with Gasteiger partial charge in [-0.2, -0.15) is 0 Å². The van der Waals surface area contributed by atoms with E-state index in [1.165, 1.54) is 193 Å². The molecule has 0 rings (SSSR count). The van der Waals surface area contributed by atoms with Crippen molar-refractivity contribution in [3.63, 3.8) is 0 Å². The van der Waals surface area contributed by atoms with Crippen molar-refractivity contribution in [1.29, 1.82) is 0 Å². The molecule has 3 N–H and O–H groups in total. The molecule has 2 atom stereocenters. The molecule has 1 amide bonds. The van der Waals surface area contributed by atoms with Crippen LogP contribution in [0.4, 0.5) is 0 Å². The average molecular weight is 692 g/mol. The fourth-order valence-electron chi connectivity index (χ4n) is 7.06. The summed E-state index contributed by atoms with van der Waals surface area (Å²) >= 11 is 0. The Labute approximate surface area is 307 Å². The minimum absolute atomic E-state index is 0.0798. The maximum absolute atomic E-state index is 12.0. The van der Waals surface area contributed by atoms with Crippen LogP contribution in [-0.2, 0) is 4.79 Å². The van der Waals surface area contributed by atoms with Crippen LogP contribution < -0.4 is 5.32 Å². The van der Waals surface area contributed by atoms with E-state index >= 15 is 0 Å². The highest BCUT2D eigenvalue weighted by molar-refractivity contribution is 5.76. The summed E-state index contributed by atoms with van der Waals surface area (Å²) in [5, 5.41) is 22.7. The van der Waals surface area contributed by atoms with E-state index in [9.17, 15) is 15.0 Å². The van der Waals surface area contributed by atoms with Gasteiger partial charge in [-0.15, -0.1) is 0 Å². The SMILES string of the molecule is CCCCCCCCCCCCCCCCCCCCCCCCCCCCCCCCC/C=C/C(O)C(CO)NC(=O)CCCCCC. The Kier molecular flexibility index (Phi) is 40.8. The number of rotatable bonds is 41. The molecule has 0 aliphatic rings. The molecule has 0 aromatic rings. The van der Waals surface area contributed by atoms with Gasteiger partial charge in [-0.05, 0) is 19.3 Å². The van der Waals surface area contributed by atoms with E-state index in [2.05, 4.69) is 19.2 Å². The normalized spacial score (nSPS) is 13.0. The Balaban J connectivity index is 3.30. The Morgan fingerprint density at radius 1 is 0.469 bits per heavy atom. The summed E-state index contributed by atoms with van der Waals surface area (Å²) in [6.45, 7) is 4.21. The Morgan fingerprint density at radius 3 is 1.06 bits per heavy atom. The fourth-order valence-corrected chi connectivity index (χ4v) is 7.06. The van der Waals surface area contributed by atoms with Gasteiger partial charge in [-0.3, -0.25) is 4.79 Å². The van der Waals surface area contributed by atoms with Crippen LogP contribution in [0.3, 0.4) is 0 Å². The number of allylic oxidation sites excluding steroid dienone is 1. The second-order valence-corrected chi connectivity index (χ2v) is 15.5. The molecule has 0 radical (unpaired) electrons. The molecule has 49 heavy (non-hydrogen) atoms. The zero-order chi connectivity index (χ0) is 35.7. The molecule has 0 bridgehead atoms. The number of hydrogen-bond acceptors (Lipinski definition) is 3. The average Bonchev–Trinajstić information content (AvgIpc) is 3.11. The van der Waals surface area contributed by atoms with Gasteiger partial charge in [0.15, 0.2) is 0 Å². The first kappa shape index (κ1) is 48.1. The van der Waals surface area contributed by atoms with E-state index in [4.69, 9.17) is 0 Å². The van der Waals surface area contributed by atoms with Crippen molar-refractivity contribution in [2.24, 2.45) is 0 Å². The summed E-state index contributed by atoms with van der Waals surface area (Å²) in [6.07, 6.45) is 52.6. The number of carbonyl (C=O) groups excluding carboxylic acids is 1. The summed E-state index contributed by atoms with van der Waals surface area (Å²) in [5.74, 6) is -0.0798. The summed E-state index contributed by atoms with van der Waals surface area (Å²) in [5.41, 5.74) is 0. The van der Waals surface area contributed by atoms with Crippen LogP contribution in [0.1, 0.15) is 251 Å². The molecular formula is C45H89NO3. The first-order chi connectivity index (χ1) is 24.2. The van der Waals surface area contributed by atoms with Gasteiger partial charge in [-0.25, -0.2) is 0 Å². The van der Waals surface area contributed by atoms with Gasteiger partial charge in [0.1, 0.15) is 0 Å². The van der Waals surface area contributed by atoms with E-state index in [-0.39, 0.29) is 12.5 Å². The second kappa shape index (κ2) is 41.5. The number of carbonyl (C=O) groups is 1. The first-order valence-corrected chi connectivity index (χ1v) is 22.4. The maximum Gasteiger partial charge on any atom is 0.220 e. The van der Waals surface area contributed by atoms with Gasteiger partial charge in [0.2, 0.25) is 5.91 Å². The smallest absolute Gasteiger partial charge is 0.220 e. The fraction of sp³-hybridized carbons (Fsp3) is 0.933. The van der Waals surface area contributed by atoms with Crippen LogP contribution in [0, 0.1) is 0 Å². The van der Waals surface area contributed by atoms with E-state index in [0.29, 0.717) is 6.42 Å². The van der Waals surface area contributed by atoms with E-state index < -0.39 is 12.1 Å². The van der Waals surface area contributed by atoms with Crippen molar-refractivity contribution >= 4 is 5.91 Å². The van der Waals surface area contributed by atoms with Crippen molar-refractivity contribution in [1.82, 2.24) is 5.32 Å². The molecule has 0 aromatic heterocycles. The third kappa shape index (κ3) is 38.2. The highest BCUT2D eigenvalue weighted by Gasteiger charge is 2.17. The molecule has 4 nitrogen and oxygen atoms in total. The summed E-state index contributed by atoms with van der Waals surface area (Å²) in [6, 6.07) is -0.613. The highest BCUT2D eigenvalue weighted by atomic mass is 16.3. The standard InChI is InChI=1S/C45H89NO3/c1-3-5-7-9-10-11-12-13-14-15-16-17-18-19-20-21-22-23-24-25-26-27-28-29-30-31-32-33-34-35-36-37-38-40-44(48)43(42-47)46-45(49)41-39-8-6-4-2/h38,40,43-44,47-48H,3-37,39,41-42H2,1-2H3,(H,46,49)/b40-38+. The van der Waals surface area contributed by atoms with Crippen molar-refractivity contribution in [2.45, 2.75) is 264 Å². The lowest BCUT2D eigenvalue weighted by molar-refractivity contribution is -0.123. The van der Waals surface area contributed by atoms with Crippen LogP contribution in [0.2, 0.25) is 0 Å². The van der Waals surface area contributed by atoms with E-state index in [0.717, 1.165) is 38.5 Å². The lowest BCUT2D eigenvalue weighted by Crippen LogP contribution is -2.45. The number of amides is 1. The summed E-state index contributed by atoms with van der Waals surface area (Å²) in [4.78, 5) is 12.0. The molecule has 0 aliphatic heterocycles. The summed E-state index contributed by atoms with van der Waals surface area (Å²) < 4.78 is 0. The number of aliphatic hydroxyl groups excluding tert-OH is 2. The van der Waals surface area contributed by atoms with Crippen molar-refractivity contribution in [2.75, 3.05) is 6.61 Å². The first-order valence-electron chi connectivity index (χ1n) is 22.4. The Hall–Kier alpha value is -0.870. The molecule has 0 aromatic carbocycles. The van der Waals surface area contributed by atoms with Crippen molar-refractivity contribution in [3.05, 3.63) is 12.2 Å². The topological polar surface area (TPSA) is 69.6 Å². The van der Waals surface area contributed by atoms with Crippen LogP contribution in [-0.4, -0.2) is 34.9 Å². The zero-order valence-corrected chi connectivity index (χ0v) is 33.5. The largest absolute Gasteiger partial charge is 0.394 e. The third-order valence-corrected chi connectivity index (χ3v) is 10.5. The maximum atomic E-state index is 12.0. The minimum atomic E-state index is -0.831. The van der Waals surface area contributed by atoms with Crippen LogP contribution in [0.25, 0.3) is 0 Å². The number of unbranched alkanes of at least 4 members (excludes halogenated alkanes) is 34. The molecule has 0 fully saturated rings. The van der Waals surface area contributed by atoms with E-state index in [1.807, 2.05) is 6.08 Å². The lowest BCUT2D eigenvalue weighted by atomic mass is 10.0. The van der Waals surface area contributed by atoms with Crippen LogP contribution in [0.5, 0.6) is 0 Å². The molecule has 0 saturated carbocycles. The second-order valence-electron chi connectivity index (χ2n) is 15.5. The Morgan fingerprint density at radius 2 is 0.755 bits per heavy atom. The molecule has 0 saturated heterocycles. The molecular weight excluding hydrogens is 602 g/mol. The third-order valence-electron chi connectivity index (χ3n) is 10.5. The molecule has 0 aliphatic carbocycles. The minimum Gasteiger partial charge on any atom is -0.394 e. The van der Waals surface area contributed by atoms with Gasteiger partial charge < -0.3 is 15.5 Å². The van der Waals surface area contributed by atoms with E-state index in [1.54, 1.807) is 6.08 Å². The number of nitrogens with one attached hydrogen (secondary N) is 1. The number of aliphatic hydroxyl groups is 2. The number of hydrogen-bond donors (Lipinski definition) is 3. The molecule has 2 unspecified atom stereocenters.